The van der Waals surface area contributed by atoms with E-state index in [1.54, 1.807) is 48.5 Å². The molecule has 7 heteroatoms. The predicted octanol–water partition coefficient (Wildman–Crippen LogP) is 2.57. The van der Waals surface area contributed by atoms with Crippen LogP contribution in [-0.2, 0) is 11.3 Å². The smallest absolute Gasteiger partial charge is 0.263 e. The lowest BCUT2D eigenvalue weighted by Gasteiger charge is -2.06. The third-order valence-electron chi connectivity index (χ3n) is 3.28. The molecule has 0 atom stereocenters. The minimum atomic E-state index is -0.526. The number of nitrogens with zero attached hydrogens (tertiary/aromatic N) is 1. The highest BCUT2D eigenvalue weighted by molar-refractivity contribution is 6.30. The molecule has 0 aromatic heterocycles. The Hall–Kier alpha value is -3.30. The second-order valence-corrected chi connectivity index (χ2v) is 5.50. The van der Waals surface area contributed by atoms with E-state index in [4.69, 9.17) is 22.6 Å². The number of hydrogen-bond acceptors (Lipinski definition) is 4. The number of nitrogens with two attached hydrogens (primary N) is 1. The van der Waals surface area contributed by atoms with E-state index in [0.29, 0.717) is 16.3 Å². The van der Waals surface area contributed by atoms with Crippen LogP contribution in [0.2, 0.25) is 5.02 Å². The molecule has 4 N–H and O–H groups in total. The van der Waals surface area contributed by atoms with Crippen molar-refractivity contribution in [2.45, 2.75) is 6.54 Å². The number of amides is 2. The summed E-state index contributed by atoms with van der Waals surface area (Å²) in [5.74, 6) is -1.03. The monoisotopic (exact) mass is 354 g/mol. The third-order valence-corrected chi connectivity index (χ3v) is 3.54. The average Bonchev–Trinajstić information content (AvgIpc) is 2.62. The molecule has 0 aliphatic carbocycles. The average molecular weight is 355 g/mol. The first-order chi connectivity index (χ1) is 12.0. The summed E-state index contributed by atoms with van der Waals surface area (Å²) >= 11 is 5.80. The van der Waals surface area contributed by atoms with Gasteiger partial charge in [0.2, 0.25) is 5.91 Å². The van der Waals surface area contributed by atoms with E-state index in [0.717, 1.165) is 5.56 Å². The number of anilines is 1. The van der Waals surface area contributed by atoms with Gasteiger partial charge >= 0.3 is 0 Å². The summed E-state index contributed by atoms with van der Waals surface area (Å²) in [6, 6.07) is 15.2. The fourth-order valence-electron chi connectivity index (χ4n) is 1.91. The first-order valence-corrected chi connectivity index (χ1v) is 7.66. The summed E-state index contributed by atoms with van der Waals surface area (Å²) < 4.78 is 0. The predicted molar refractivity (Wildman–Crippen MR) is 95.6 cm³/mol. The molecule has 0 spiro atoms. The van der Waals surface area contributed by atoms with Crippen molar-refractivity contribution in [1.29, 1.82) is 5.26 Å². The number of carbonyl (C=O) groups is 2. The molecule has 0 aliphatic heterocycles. The number of carbonyl (C=O) groups excluding carboxylic acids is 2. The van der Waals surface area contributed by atoms with Gasteiger partial charge in [0.25, 0.3) is 5.91 Å². The van der Waals surface area contributed by atoms with Crippen molar-refractivity contribution in [2.75, 3.05) is 5.32 Å². The molecule has 0 heterocycles. The van der Waals surface area contributed by atoms with Crippen molar-refractivity contribution < 1.29 is 9.59 Å². The Morgan fingerprint density at radius 1 is 1.12 bits per heavy atom. The van der Waals surface area contributed by atoms with E-state index in [-0.39, 0.29) is 12.1 Å². The van der Waals surface area contributed by atoms with Crippen LogP contribution in [0, 0.1) is 11.3 Å². The fourth-order valence-corrected chi connectivity index (χ4v) is 2.04. The maximum absolute atomic E-state index is 12.1. The van der Waals surface area contributed by atoms with Gasteiger partial charge in [0.1, 0.15) is 11.6 Å². The van der Waals surface area contributed by atoms with Crippen LogP contribution in [0.1, 0.15) is 15.9 Å². The quantitative estimate of drug-likeness (QED) is 0.547. The van der Waals surface area contributed by atoms with Crippen LogP contribution >= 0.6 is 11.6 Å². The van der Waals surface area contributed by atoms with Gasteiger partial charge in [-0.3, -0.25) is 9.59 Å². The topological polar surface area (TPSA) is 108 Å². The molecular weight excluding hydrogens is 340 g/mol. The molecule has 2 aromatic carbocycles. The SMILES string of the molecule is N#C/C(=C/Nc1ccc(C(N)=O)cc1)C(=O)NCc1ccc(Cl)cc1. The summed E-state index contributed by atoms with van der Waals surface area (Å²) in [6.07, 6.45) is 1.30. The van der Waals surface area contributed by atoms with Gasteiger partial charge in [-0.1, -0.05) is 23.7 Å². The number of primary amides is 1. The van der Waals surface area contributed by atoms with Gasteiger partial charge in [-0.2, -0.15) is 5.26 Å². The lowest BCUT2D eigenvalue weighted by atomic mass is 10.2. The van der Waals surface area contributed by atoms with Gasteiger partial charge in [-0.15, -0.1) is 0 Å². The van der Waals surface area contributed by atoms with Gasteiger partial charge in [0.15, 0.2) is 0 Å². The van der Waals surface area contributed by atoms with E-state index in [9.17, 15) is 9.59 Å². The highest BCUT2D eigenvalue weighted by Crippen LogP contribution is 2.11. The van der Waals surface area contributed by atoms with Crippen LogP contribution in [-0.4, -0.2) is 11.8 Å². The lowest BCUT2D eigenvalue weighted by molar-refractivity contribution is -0.117. The van der Waals surface area contributed by atoms with Crippen molar-refractivity contribution in [3.8, 4) is 6.07 Å². The fraction of sp³-hybridized carbons (Fsp3) is 0.0556. The van der Waals surface area contributed by atoms with Crippen molar-refractivity contribution >= 4 is 29.1 Å². The first kappa shape index (κ1) is 18.0. The zero-order valence-electron chi connectivity index (χ0n) is 13.1. The Kier molecular flexibility index (Phi) is 6.15. The molecule has 0 saturated heterocycles. The molecule has 6 nitrogen and oxygen atoms in total. The molecule has 25 heavy (non-hydrogen) atoms. The summed E-state index contributed by atoms with van der Waals surface area (Å²) in [7, 11) is 0. The molecule has 0 radical (unpaired) electrons. The maximum atomic E-state index is 12.1. The number of nitrogens with one attached hydrogen (secondary N) is 2. The van der Waals surface area contributed by atoms with Crippen LogP contribution in [0.5, 0.6) is 0 Å². The minimum absolute atomic E-state index is 0.0760. The van der Waals surface area contributed by atoms with Crippen molar-refractivity contribution in [3.05, 3.63) is 76.5 Å². The zero-order chi connectivity index (χ0) is 18.2. The van der Waals surface area contributed by atoms with Crippen molar-refractivity contribution in [3.63, 3.8) is 0 Å². The Bertz CT molecular complexity index is 837. The normalized spacial score (nSPS) is 10.6. The molecule has 2 aromatic rings. The van der Waals surface area contributed by atoms with E-state index in [2.05, 4.69) is 10.6 Å². The Balaban J connectivity index is 1.96. The van der Waals surface area contributed by atoms with Crippen LogP contribution < -0.4 is 16.4 Å². The molecular formula is C18H15ClN4O2. The molecule has 0 fully saturated rings. The zero-order valence-corrected chi connectivity index (χ0v) is 13.9. The second-order valence-electron chi connectivity index (χ2n) is 5.06. The first-order valence-electron chi connectivity index (χ1n) is 7.29. The molecule has 0 aliphatic rings. The summed E-state index contributed by atoms with van der Waals surface area (Å²) in [5.41, 5.74) is 6.94. The van der Waals surface area contributed by atoms with Crippen LogP contribution in [0.3, 0.4) is 0 Å². The van der Waals surface area contributed by atoms with Crippen molar-refractivity contribution in [1.82, 2.24) is 5.32 Å². The van der Waals surface area contributed by atoms with Gasteiger partial charge in [-0.05, 0) is 42.0 Å². The number of halogens is 1. The molecule has 126 valence electrons. The highest BCUT2D eigenvalue weighted by atomic mass is 35.5. The minimum Gasteiger partial charge on any atom is -0.366 e. The van der Waals surface area contributed by atoms with Gasteiger partial charge < -0.3 is 16.4 Å². The standard InChI is InChI=1S/C18H15ClN4O2/c19-15-5-1-12(2-6-15)10-23-18(25)14(9-20)11-22-16-7-3-13(4-8-16)17(21)24/h1-8,11,22H,10H2,(H2,21,24)(H,23,25)/b14-11-. The van der Waals surface area contributed by atoms with E-state index in [1.165, 1.54) is 6.20 Å². The van der Waals surface area contributed by atoms with E-state index < -0.39 is 11.8 Å². The highest BCUT2D eigenvalue weighted by Gasteiger charge is 2.08. The largest absolute Gasteiger partial charge is 0.366 e. The van der Waals surface area contributed by atoms with E-state index >= 15 is 0 Å². The number of nitriles is 1. The maximum Gasteiger partial charge on any atom is 0.263 e. The summed E-state index contributed by atoms with van der Waals surface area (Å²) in [4.78, 5) is 23.1. The molecule has 0 unspecified atom stereocenters. The third kappa shape index (κ3) is 5.37. The Morgan fingerprint density at radius 3 is 2.32 bits per heavy atom. The van der Waals surface area contributed by atoms with Gasteiger partial charge in [-0.25, -0.2) is 0 Å². The van der Waals surface area contributed by atoms with Gasteiger partial charge in [0, 0.05) is 29.0 Å². The molecule has 0 bridgehead atoms. The van der Waals surface area contributed by atoms with Gasteiger partial charge in [0.05, 0.1) is 0 Å². The van der Waals surface area contributed by atoms with Crippen LogP contribution in [0.25, 0.3) is 0 Å². The summed E-state index contributed by atoms with van der Waals surface area (Å²) in [6.45, 7) is 0.280. The Labute approximate surface area is 149 Å². The number of benzene rings is 2. The van der Waals surface area contributed by atoms with Crippen LogP contribution in [0.4, 0.5) is 5.69 Å². The van der Waals surface area contributed by atoms with E-state index in [1.807, 2.05) is 6.07 Å². The second kappa shape index (κ2) is 8.52. The Morgan fingerprint density at radius 2 is 1.76 bits per heavy atom. The summed E-state index contributed by atoms with van der Waals surface area (Å²) in [5, 5.41) is 15.2. The lowest BCUT2D eigenvalue weighted by Crippen LogP contribution is -2.24. The number of hydrogen-bond donors (Lipinski definition) is 3. The molecule has 2 amide bonds. The number of rotatable bonds is 6. The molecule has 2 rings (SSSR count). The van der Waals surface area contributed by atoms with Crippen molar-refractivity contribution in [2.24, 2.45) is 5.73 Å². The molecule has 0 saturated carbocycles. The van der Waals surface area contributed by atoms with Crippen LogP contribution in [0.15, 0.2) is 60.3 Å².